The molecule has 2 amide bonds. The minimum atomic E-state index is -0.00822. The summed E-state index contributed by atoms with van der Waals surface area (Å²) < 4.78 is 0. The van der Waals surface area contributed by atoms with Crippen LogP contribution in [0.5, 0.6) is 0 Å². The molecule has 1 aliphatic rings. The van der Waals surface area contributed by atoms with E-state index in [2.05, 4.69) is 0 Å². The first-order chi connectivity index (χ1) is 9.31. The van der Waals surface area contributed by atoms with Crippen LogP contribution < -0.4 is 5.73 Å². The molecule has 0 aromatic heterocycles. The van der Waals surface area contributed by atoms with Gasteiger partial charge in [0, 0.05) is 24.9 Å². The Hall–Kier alpha value is -0.900. The molecule has 1 fully saturated rings. The molecule has 0 spiro atoms. The largest absolute Gasteiger partial charge is 0.328 e. The third kappa shape index (κ3) is 5.23. The van der Waals surface area contributed by atoms with E-state index in [4.69, 9.17) is 5.73 Å². The number of rotatable bonds is 5. The van der Waals surface area contributed by atoms with Crippen molar-refractivity contribution >= 4 is 11.8 Å². The van der Waals surface area contributed by atoms with E-state index < -0.39 is 0 Å². The zero-order chi connectivity index (χ0) is 15.3. The van der Waals surface area contributed by atoms with Crippen LogP contribution in [0.4, 0.5) is 0 Å². The van der Waals surface area contributed by atoms with E-state index in [1.807, 2.05) is 27.7 Å². The maximum atomic E-state index is 12.4. The summed E-state index contributed by atoms with van der Waals surface area (Å²) in [6, 6.07) is 0.292. The van der Waals surface area contributed by atoms with Gasteiger partial charge in [0.15, 0.2) is 0 Å². The lowest BCUT2D eigenvalue weighted by molar-refractivity contribution is -0.149. The standard InChI is InChI=1S/C16H30N2O2/c1-11(2)9-15(19)18(16(20)10-12(3)4)14-7-5-13(17)6-8-14/h11-14H,5-10,17H2,1-4H3. The number of hydrogen-bond donors (Lipinski definition) is 1. The van der Waals surface area contributed by atoms with Gasteiger partial charge in [0.2, 0.25) is 11.8 Å². The van der Waals surface area contributed by atoms with Gasteiger partial charge in [0.1, 0.15) is 0 Å². The Morgan fingerprint density at radius 3 is 1.70 bits per heavy atom. The van der Waals surface area contributed by atoms with Gasteiger partial charge in [0.05, 0.1) is 0 Å². The van der Waals surface area contributed by atoms with E-state index in [1.165, 1.54) is 0 Å². The number of carbonyl (C=O) groups is 2. The number of nitrogens with two attached hydrogens (primary N) is 1. The molecule has 0 saturated heterocycles. The summed E-state index contributed by atoms with van der Waals surface area (Å²) in [6.07, 6.45) is 4.43. The van der Waals surface area contributed by atoms with E-state index in [0.717, 1.165) is 25.7 Å². The molecule has 1 rings (SSSR count). The Morgan fingerprint density at radius 1 is 0.950 bits per heavy atom. The van der Waals surface area contributed by atoms with E-state index in [1.54, 1.807) is 4.90 Å². The first-order valence-corrected chi connectivity index (χ1v) is 7.91. The van der Waals surface area contributed by atoms with Crippen molar-refractivity contribution < 1.29 is 9.59 Å². The molecule has 2 N–H and O–H groups in total. The summed E-state index contributed by atoms with van der Waals surface area (Å²) in [7, 11) is 0. The lowest BCUT2D eigenvalue weighted by atomic mass is 9.90. The molecule has 1 saturated carbocycles. The Balaban J connectivity index is 2.78. The Labute approximate surface area is 123 Å². The highest BCUT2D eigenvalue weighted by atomic mass is 16.2. The first kappa shape index (κ1) is 17.2. The van der Waals surface area contributed by atoms with Gasteiger partial charge in [0.25, 0.3) is 0 Å². The molecule has 0 heterocycles. The van der Waals surface area contributed by atoms with E-state index >= 15 is 0 Å². The van der Waals surface area contributed by atoms with Gasteiger partial charge < -0.3 is 5.73 Å². The summed E-state index contributed by atoms with van der Waals surface area (Å²) in [5, 5.41) is 0. The summed E-state index contributed by atoms with van der Waals surface area (Å²) in [5.41, 5.74) is 5.92. The molecule has 1 aliphatic carbocycles. The summed E-state index contributed by atoms with van der Waals surface area (Å²) >= 11 is 0. The normalized spacial score (nSPS) is 23.1. The zero-order valence-electron chi connectivity index (χ0n) is 13.4. The van der Waals surface area contributed by atoms with Crippen LogP contribution in [0.3, 0.4) is 0 Å². The SMILES string of the molecule is CC(C)CC(=O)N(C(=O)CC(C)C)C1CCC(N)CC1. The van der Waals surface area contributed by atoms with Crippen LogP contribution in [-0.2, 0) is 9.59 Å². The predicted molar refractivity (Wildman–Crippen MR) is 81.0 cm³/mol. The van der Waals surface area contributed by atoms with Gasteiger partial charge in [-0.1, -0.05) is 27.7 Å². The monoisotopic (exact) mass is 282 g/mol. The second kappa shape index (κ2) is 7.77. The quantitative estimate of drug-likeness (QED) is 0.843. The fraction of sp³-hybridized carbons (Fsp3) is 0.875. The highest BCUT2D eigenvalue weighted by Gasteiger charge is 2.32. The Bertz CT molecular complexity index is 309. The fourth-order valence-electron chi connectivity index (χ4n) is 2.80. The molecular formula is C16H30N2O2. The van der Waals surface area contributed by atoms with Gasteiger partial charge in [-0.2, -0.15) is 0 Å². The highest BCUT2D eigenvalue weighted by molar-refractivity contribution is 5.95. The summed E-state index contributed by atoms with van der Waals surface area (Å²) in [5.74, 6) is 0.544. The Morgan fingerprint density at radius 2 is 1.35 bits per heavy atom. The molecule has 4 heteroatoms. The number of hydrogen-bond acceptors (Lipinski definition) is 3. The van der Waals surface area contributed by atoms with Crippen molar-refractivity contribution in [2.45, 2.75) is 78.3 Å². The molecule has 116 valence electrons. The molecule has 0 radical (unpaired) electrons. The molecule has 0 bridgehead atoms. The van der Waals surface area contributed by atoms with Crippen molar-refractivity contribution in [3.8, 4) is 0 Å². The van der Waals surface area contributed by atoms with Crippen LogP contribution >= 0.6 is 0 Å². The van der Waals surface area contributed by atoms with Crippen molar-refractivity contribution in [2.24, 2.45) is 17.6 Å². The molecule has 0 aromatic carbocycles. The predicted octanol–water partition coefficient (Wildman–Crippen LogP) is 2.70. The molecular weight excluding hydrogens is 252 g/mol. The van der Waals surface area contributed by atoms with Crippen LogP contribution in [0.2, 0.25) is 0 Å². The third-order valence-electron chi connectivity index (χ3n) is 3.81. The van der Waals surface area contributed by atoms with Crippen molar-refractivity contribution in [1.29, 1.82) is 0 Å². The van der Waals surface area contributed by atoms with Crippen LogP contribution in [-0.4, -0.2) is 28.8 Å². The summed E-state index contributed by atoms with van der Waals surface area (Å²) in [4.78, 5) is 26.4. The van der Waals surface area contributed by atoms with Gasteiger partial charge in [-0.3, -0.25) is 14.5 Å². The van der Waals surface area contributed by atoms with E-state index in [9.17, 15) is 9.59 Å². The van der Waals surface area contributed by atoms with Crippen molar-refractivity contribution in [2.75, 3.05) is 0 Å². The van der Waals surface area contributed by atoms with Gasteiger partial charge in [-0.25, -0.2) is 0 Å². The number of amides is 2. The van der Waals surface area contributed by atoms with Gasteiger partial charge >= 0.3 is 0 Å². The molecule has 0 atom stereocenters. The second-order valence-corrected chi connectivity index (χ2v) is 6.92. The van der Waals surface area contributed by atoms with Crippen LogP contribution in [0, 0.1) is 11.8 Å². The van der Waals surface area contributed by atoms with Crippen LogP contribution in [0.1, 0.15) is 66.2 Å². The lowest BCUT2D eigenvalue weighted by Crippen LogP contribution is -2.48. The van der Waals surface area contributed by atoms with Crippen molar-refractivity contribution in [3.63, 3.8) is 0 Å². The smallest absolute Gasteiger partial charge is 0.229 e. The van der Waals surface area contributed by atoms with Crippen molar-refractivity contribution in [3.05, 3.63) is 0 Å². The molecule has 20 heavy (non-hydrogen) atoms. The molecule has 4 nitrogen and oxygen atoms in total. The minimum Gasteiger partial charge on any atom is -0.328 e. The maximum Gasteiger partial charge on any atom is 0.229 e. The van der Waals surface area contributed by atoms with Crippen LogP contribution in [0.25, 0.3) is 0 Å². The average molecular weight is 282 g/mol. The van der Waals surface area contributed by atoms with E-state index in [-0.39, 0.29) is 35.7 Å². The van der Waals surface area contributed by atoms with Gasteiger partial charge in [-0.15, -0.1) is 0 Å². The maximum absolute atomic E-state index is 12.4. The number of nitrogens with zero attached hydrogens (tertiary/aromatic N) is 1. The van der Waals surface area contributed by atoms with Crippen LogP contribution in [0.15, 0.2) is 0 Å². The first-order valence-electron chi connectivity index (χ1n) is 7.91. The number of carbonyl (C=O) groups excluding carboxylic acids is 2. The number of imide groups is 1. The summed E-state index contributed by atoms with van der Waals surface area (Å²) in [6.45, 7) is 8.05. The van der Waals surface area contributed by atoms with Crippen molar-refractivity contribution in [1.82, 2.24) is 4.90 Å². The second-order valence-electron chi connectivity index (χ2n) is 6.92. The highest BCUT2D eigenvalue weighted by Crippen LogP contribution is 2.24. The molecule has 0 unspecified atom stereocenters. The van der Waals surface area contributed by atoms with E-state index in [0.29, 0.717) is 12.8 Å². The fourth-order valence-corrected chi connectivity index (χ4v) is 2.80. The lowest BCUT2D eigenvalue weighted by Gasteiger charge is -2.35. The topological polar surface area (TPSA) is 63.4 Å². The van der Waals surface area contributed by atoms with Gasteiger partial charge in [-0.05, 0) is 37.5 Å². The average Bonchev–Trinajstić information content (AvgIpc) is 2.30. The third-order valence-corrected chi connectivity index (χ3v) is 3.81. The zero-order valence-corrected chi connectivity index (χ0v) is 13.4. The Kier molecular flexibility index (Phi) is 6.66. The molecule has 0 aliphatic heterocycles. The molecule has 0 aromatic rings. The minimum absolute atomic E-state index is 0.00822.